The molecule has 0 saturated heterocycles. The Morgan fingerprint density at radius 2 is 2.20 bits per heavy atom. The van der Waals surface area contributed by atoms with Crippen molar-refractivity contribution in [2.24, 2.45) is 7.05 Å². The van der Waals surface area contributed by atoms with Gasteiger partial charge in [-0.25, -0.2) is 13.1 Å². The lowest BCUT2D eigenvalue weighted by Crippen LogP contribution is -2.42. The van der Waals surface area contributed by atoms with Crippen LogP contribution in [0.25, 0.3) is 0 Å². The van der Waals surface area contributed by atoms with Crippen LogP contribution in [-0.2, 0) is 17.1 Å². The van der Waals surface area contributed by atoms with Crippen molar-refractivity contribution in [3.63, 3.8) is 0 Å². The van der Waals surface area contributed by atoms with E-state index >= 15 is 0 Å². The van der Waals surface area contributed by atoms with Gasteiger partial charge >= 0.3 is 0 Å². The van der Waals surface area contributed by atoms with E-state index in [0.717, 1.165) is 12.8 Å². The number of aromatic nitrogens is 2. The van der Waals surface area contributed by atoms with Crippen molar-refractivity contribution < 1.29 is 13.5 Å². The van der Waals surface area contributed by atoms with E-state index in [2.05, 4.69) is 9.82 Å². The van der Waals surface area contributed by atoms with Crippen molar-refractivity contribution in [1.29, 1.82) is 0 Å². The van der Waals surface area contributed by atoms with Gasteiger partial charge in [0.2, 0.25) is 10.0 Å². The summed E-state index contributed by atoms with van der Waals surface area (Å²) in [4.78, 5) is 0.198. The standard InChI is InChI=1S/C13H21N3O3S/c1-10-12(11(2)16(3)15-10)20(18,19)14-9-13(17)7-5-4-6-8-13/h5,7,14,17H,4,6,8-9H2,1-3H3. The highest BCUT2D eigenvalue weighted by Gasteiger charge is 2.30. The lowest BCUT2D eigenvalue weighted by Gasteiger charge is -2.27. The second-order valence-electron chi connectivity index (χ2n) is 5.35. The quantitative estimate of drug-likeness (QED) is 0.805. The lowest BCUT2D eigenvalue weighted by atomic mass is 9.91. The van der Waals surface area contributed by atoms with Gasteiger partial charge in [0.25, 0.3) is 0 Å². The van der Waals surface area contributed by atoms with Crippen LogP contribution in [0.15, 0.2) is 17.0 Å². The van der Waals surface area contributed by atoms with Crippen LogP contribution in [0.3, 0.4) is 0 Å². The molecule has 0 amide bonds. The third-order valence-corrected chi connectivity index (χ3v) is 5.34. The van der Waals surface area contributed by atoms with Crippen molar-refractivity contribution in [1.82, 2.24) is 14.5 Å². The van der Waals surface area contributed by atoms with Crippen LogP contribution < -0.4 is 4.72 Å². The summed E-state index contributed by atoms with van der Waals surface area (Å²) in [5, 5.41) is 14.4. The van der Waals surface area contributed by atoms with Gasteiger partial charge in [0, 0.05) is 13.6 Å². The molecule has 1 aliphatic carbocycles. The summed E-state index contributed by atoms with van der Waals surface area (Å²) in [6.07, 6.45) is 5.92. The van der Waals surface area contributed by atoms with E-state index in [9.17, 15) is 13.5 Å². The molecule has 1 atom stereocenters. The van der Waals surface area contributed by atoms with Gasteiger partial charge in [-0.2, -0.15) is 5.10 Å². The Morgan fingerprint density at radius 1 is 1.50 bits per heavy atom. The van der Waals surface area contributed by atoms with Crippen molar-refractivity contribution in [2.75, 3.05) is 6.54 Å². The molecule has 1 aliphatic rings. The third kappa shape index (κ3) is 2.94. The minimum absolute atomic E-state index is 0.0143. The van der Waals surface area contributed by atoms with Crippen LogP contribution in [0.2, 0.25) is 0 Å². The van der Waals surface area contributed by atoms with Gasteiger partial charge in [0.1, 0.15) is 4.90 Å². The average molecular weight is 299 g/mol. The summed E-state index contributed by atoms with van der Waals surface area (Å²) < 4.78 is 28.8. The van der Waals surface area contributed by atoms with E-state index in [-0.39, 0.29) is 11.4 Å². The molecule has 0 spiro atoms. The van der Waals surface area contributed by atoms with E-state index in [4.69, 9.17) is 0 Å². The number of nitrogens with one attached hydrogen (secondary N) is 1. The second kappa shape index (κ2) is 5.31. The molecule has 20 heavy (non-hydrogen) atoms. The Hall–Kier alpha value is -1.18. The number of hydrogen-bond acceptors (Lipinski definition) is 4. The minimum Gasteiger partial charge on any atom is -0.384 e. The first-order chi connectivity index (χ1) is 9.25. The van der Waals surface area contributed by atoms with Crippen LogP contribution in [0.4, 0.5) is 0 Å². The fourth-order valence-corrected chi connectivity index (χ4v) is 4.03. The molecule has 112 valence electrons. The van der Waals surface area contributed by atoms with E-state index in [1.54, 1.807) is 31.7 Å². The summed E-state index contributed by atoms with van der Waals surface area (Å²) in [5.74, 6) is 0. The summed E-state index contributed by atoms with van der Waals surface area (Å²) >= 11 is 0. The van der Waals surface area contributed by atoms with Crippen molar-refractivity contribution >= 4 is 10.0 Å². The molecule has 0 radical (unpaired) electrons. The highest BCUT2D eigenvalue weighted by molar-refractivity contribution is 7.89. The van der Waals surface area contributed by atoms with Gasteiger partial charge in [-0.1, -0.05) is 12.2 Å². The number of rotatable bonds is 4. The summed E-state index contributed by atoms with van der Waals surface area (Å²) in [6, 6.07) is 0. The molecule has 7 heteroatoms. The van der Waals surface area contributed by atoms with Crippen LogP contribution in [-0.4, -0.2) is 35.5 Å². The van der Waals surface area contributed by atoms with Crippen molar-refractivity contribution in [3.8, 4) is 0 Å². The molecular formula is C13H21N3O3S. The number of aliphatic hydroxyl groups is 1. The van der Waals surface area contributed by atoms with E-state index in [1.165, 1.54) is 0 Å². The Kier molecular flexibility index (Phi) is 4.04. The molecule has 0 saturated carbocycles. The maximum atomic E-state index is 12.4. The van der Waals surface area contributed by atoms with Crippen molar-refractivity contribution in [3.05, 3.63) is 23.5 Å². The summed E-state index contributed by atoms with van der Waals surface area (Å²) in [6.45, 7) is 3.36. The molecular weight excluding hydrogens is 278 g/mol. The predicted molar refractivity (Wildman–Crippen MR) is 75.8 cm³/mol. The van der Waals surface area contributed by atoms with Crippen molar-refractivity contribution in [2.45, 2.75) is 43.6 Å². The molecule has 6 nitrogen and oxygen atoms in total. The largest absolute Gasteiger partial charge is 0.384 e. The fourth-order valence-electron chi connectivity index (χ4n) is 2.49. The van der Waals surface area contributed by atoms with E-state index in [1.807, 2.05) is 6.08 Å². The Balaban J connectivity index is 2.20. The average Bonchev–Trinajstić information content (AvgIpc) is 2.63. The van der Waals surface area contributed by atoms with Gasteiger partial charge in [0.15, 0.2) is 0 Å². The fraction of sp³-hybridized carbons (Fsp3) is 0.615. The number of hydrogen-bond donors (Lipinski definition) is 2. The van der Waals surface area contributed by atoms with Gasteiger partial charge in [-0.15, -0.1) is 0 Å². The molecule has 1 heterocycles. The topological polar surface area (TPSA) is 84.2 Å². The zero-order valence-corrected chi connectivity index (χ0v) is 12.9. The number of sulfonamides is 1. The van der Waals surface area contributed by atoms with Gasteiger partial charge in [-0.05, 0) is 33.1 Å². The summed E-state index contributed by atoms with van der Waals surface area (Å²) in [5.41, 5.74) is -0.0418. The van der Waals surface area contributed by atoms with Crippen LogP contribution in [0, 0.1) is 13.8 Å². The Labute approximate surface area is 119 Å². The molecule has 1 aromatic heterocycles. The number of allylic oxidation sites excluding steroid dienone is 1. The molecule has 1 unspecified atom stereocenters. The monoisotopic (exact) mass is 299 g/mol. The molecule has 0 bridgehead atoms. The summed E-state index contributed by atoms with van der Waals surface area (Å²) in [7, 11) is -1.96. The van der Waals surface area contributed by atoms with Gasteiger partial charge in [-0.3, -0.25) is 4.68 Å². The Morgan fingerprint density at radius 3 is 2.70 bits per heavy atom. The predicted octanol–water partition coefficient (Wildman–Crippen LogP) is 0.786. The maximum Gasteiger partial charge on any atom is 0.244 e. The SMILES string of the molecule is Cc1nn(C)c(C)c1S(=O)(=O)NCC1(O)C=CCCC1. The maximum absolute atomic E-state index is 12.4. The minimum atomic E-state index is -3.67. The van der Waals surface area contributed by atoms with Crippen LogP contribution in [0.5, 0.6) is 0 Å². The first-order valence-corrected chi connectivity index (χ1v) is 8.13. The zero-order chi connectivity index (χ0) is 15.0. The second-order valence-corrected chi connectivity index (χ2v) is 7.05. The van der Waals surface area contributed by atoms with Crippen LogP contribution in [0.1, 0.15) is 30.7 Å². The first kappa shape index (κ1) is 15.2. The normalized spacial score (nSPS) is 23.2. The molecule has 2 rings (SSSR count). The third-order valence-electron chi connectivity index (χ3n) is 3.69. The highest BCUT2D eigenvalue weighted by atomic mass is 32.2. The van der Waals surface area contributed by atoms with Gasteiger partial charge in [0.05, 0.1) is 17.0 Å². The molecule has 1 aromatic rings. The zero-order valence-electron chi connectivity index (χ0n) is 12.0. The van der Waals surface area contributed by atoms with E-state index < -0.39 is 15.6 Å². The highest BCUT2D eigenvalue weighted by Crippen LogP contribution is 2.23. The Bertz CT molecular complexity index is 634. The molecule has 2 N–H and O–H groups in total. The van der Waals surface area contributed by atoms with Crippen LogP contribution >= 0.6 is 0 Å². The molecule has 0 aromatic carbocycles. The first-order valence-electron chi connectivity index (χ1n) is 6.65. The number of nitrogens with zero attached hydrogens (tertiary/aromatic N) is 2. The smallest absolute Gasteiger partial charge is 0.244 e. The van der Waals surface area contributed by atoms with E-state index in [0.29, 0.717) is 17.8 Å². The molecule has 0 aliphatic heterocycles. The molecule has 0 fully saturated rings. The number of aryl methyl sites for hydroxylation is 2. The van der Waals surface area contributed by atoms with Gasteiger partial charge < -0.3 is 5.11 Å². The lowest BCUT2D eigenvalue weighted by molar-refractivity contribution is 0.0797.